The zero-order chi connectivity index (χ0) is 48.6. The Morgan fingerprint density at radius 1 is 0.313 bits per heavy atom. The van der Waals surface area contributed by atoms with E-state index in [1.807, 2.05) is 0 Å². The van der Waals surface area contributed by atoms with E-state index in [4.69, 9.17) is 14.2 Å². The van der Waals surface area contributed by atoms with E-state index in [0.717, 1.165) is 96.3 Å². The molecule has 0 saturated carbocycles. The Labute approximate surface area is 415 Å². The van der Waals surface area contributed by atoms with E-state index in [1.165, 1.54) is 154 Å². The molecule has 388 valence electrons. The van der Waals surface area contributed by atoms with E-state index in [0.29, 0.717) is 19.3 Å². The second kappa shape index (κ2) is 55.7. The monoisotopic (exact) mass is 937 g/mol. The van der Waals surface area contributed by atoms with Crippen LogP contribution in [0.4, 0.5) is 0 Å². The summed E-state index contributed by atoms with van der Waals surface area (Å²) in [5, 5.41) is 0. The number of hydrogen-bond acceptors (Lipinski definition) is 6. The summed E-state index contributed by atoms with van der Waals surface area (Å²) in [4.78, 5) is 38.0. The van der Waals surface area contributed by atoms with Gasteiger partial charge in [-0.3, -0.25) is 14.4 Å². The second-order valence-electron chi connectivity index (χ2n) is 19.2. The van der Waals surface area contributed by atoms with Crippen LogP contribution >= 0.6 is 0 Å². The van der Waals surface area contributed by atoms with Crippen LogP contribution < -0.4 is 0 Å². The zero-order valence-electron chi connectivity index (χ0n) is 44.4. The van der Waals surface area contributed by atoms with Gasteiger partial charge < -0.3 is 14.2 Å². The third-order valence-electron chi connectivity index (χ3n) is 12.5. The van der Waals surface area contributed by atoms with Crippen molar-refractivity contribution in [1.29, 1.82) is 0 Å². The number of ether oxygens (including phenoxy) is 3. The summed E-state index contributed by atoms with van der Waals surface area (Å²) >= 11 is 0. The lowest BCUT2D eigenvalue weighted by Crippen LogP contribution is -2.30. The fourth-order valence-corrected chi connectivity index (χ4v) is 8.24. The molecule has 0 aliphatic rings. The number of rotatable bonds is 52. The molecule has 0 radical (unpaired) electrons. The van der Waals surface area contributed by atoms with Gasteiger partial charge in [0.15, 0.2) is 6.10 Å². The predicted molar refractivity (Wildman–Crippen MR) is 288 cm³/mol. The summed E-state index contributed by atoms with van der Waals surface area (Å²) in [5.74, 6) is -0.867. The highest BCUT2D eigenvalue weighted by molar-refractivity contribution is 5.71. The first-order valence-corrected chi connectivity index (χ1v) is 28.8. The van der Waals surface area contributed by atoms with Gasteiger partial charge in [0.2, 0.25) is 0 Å². The molecule has 0 amide bonds. The van der Waals surface area contributed by atoms with E-state index in [1.54, 1.807) is 0 Å². The number of unbranched alkanes of at least 4 members (excludes halogenated alkanes) is 31. The third-order valence-corrected chi connectivity index (χ3v) is 12.5. The zero-order valence-corrected chi connectivity index (χ0v) is 44.4. The Kier molecular flexibility index (Phi) is 53.3. The van der Waals surface area contributed by atoms with Gasteiger partial charge in [-0.15, -0.1) is 0 Å². The maximum Gasteiger partial charge on any atom is 0.306 e. The van der Waals surface area contributed by atoms with Gasteiger partial charge in [-0.25, -0.2) is 0 Å². The maximum atomic E-state index is 12.8. The molecule has 0 N–H and O–H groups in total. The highest BCUT2D eigenvalue weighted by Gasteiger charge is 2.19. The van der Waals surface area contributed by atoms with Crippen molar-refractivity contribution in [3.63, 3.8) is 0 Å². The number of carbonyl (C=O) groups excluding carboxylic acids is 3. The van der Waals surface area contributed by atoms with Gasteiger partial charge in [-0.05, 0) is 64.2 Å². The van der Waals surface area contributed by atoms with Crippen LogP contribution in [0.25, 0.3) is 0 Å². The number of hydrogen-bond donors (Lipinski definition) is 0. The number of allylic oxidation sites excluding steroid dienone is 10. The van der Waals surface area contributed by atoms with Crippen molar-refractivity contribution in [2.24, 2.45) is 0 Å². The molecule has 0 aliphatic carbocycles. The van der Waals surface area contributed by atoms with Crippen molar-refractivity contribution in [3.8, 4) is 0 Å². The molecule has 0 aromatic carbocycles. The first-order valence-electron chi connectivity index (χ1n) is 28.8. The lowest BCUT2D eigenvalue weighted by molar-refractivity contribution is -0.167. The van der Waals surface area contributed by atoms with Crippen LogP contribution in [0.2, 0.25) is 0 Å². The summed E-state index contributed by atoms with van der Waals surface area (Å²) in [7, 11) is 0. The van der Waals surface area contributed by atoms with Gasteiger partial charge in [0, 0.05) is 19.3 Å². The molecule has 1 unspecified atom stereocenters. The summed E-state index contributed by atoms with van der Waals surface area (Å²) in [6.45, 7) is 6.53. The Morgan fingerprint density at radius 3 is 0.910 bits per heavy atom. The van der Waals surface area contributed by atoms with Crippen LogP contribution in [-0.4, -0.2) is 37.2 Å². The van der Waals surface area contributed by atoms with E-state index in [-0.39, 0.29) is 31.1 Å². The molecule has 0 aliphatic heterocycles. The molecule has 0 heterocycles. The summed E-state index contributed by atoms with van der Waals surface area (Å²) in [6, 6.07) is 0. The van der Waals surface area contributed by atoms with Crippen molar-refractivity contribution in [2.75, 3.05) is 13.2 Å². The Balaban J connectivity index is 4.24. The van der Waals surface area contributed by atoms with Crippen molar-refractivity contribution < 1.29 is 28.6 Å². The highest BCUT2D eigenvalue weighted by Crippen LogP contribution is 2.16. The largest absolute Gasteiger partial charge is 0.462 e. The molecular weight excluding hydrogens is 829 g/mol. The molecule has 67 heavy (non-hydrogen) atoms. The SMILES string of the molecule is CC/C=C\C/C=C\C/C=C\C/C=C\C/C=C\CCCCCCCCCCCC(=O)OCC(COC(=O)CCCCCCCCCCCC)OC(=O)CCCCCCCCCCCCCCCC. The quantitative estimate of drug-likeness (QED) is 0.0262. The smallest absolute Gasteiger partial charge is 0.306 e. The first-order chi connectivity index (χ1) is 33.0. The molecule has 0 fully saturated rings. The first kappa shape index (κ1) is 64.1. The molecule has 0 aromatic rings. The normalized spacial score (nSPS) is 12.5. The van der Waals surface area contributed by atoms with Gasteiger partial charge in [0.05, 0.1) is 0 Å². The minimum atomic E-state index is -0.771. The van der Waals surface area contributed by atoms with E-state index in [2.05, 4.69) is 81.5 Å². The van der Waals surface area contributed by atoms with Crippen LogP contribution in [0.15, 0.2) is 60.8 Å². The summed E-state index contributed by atoms with van der Waals surface area (Å²) in [6.07, 6.45) is 69.3. The highest BCUT2D eigenvalue weighted by atomic mass is 16.6. The fraction of sp³-hybridized carbons (Fsp3) is 0.787. The maximum absolute atomic E-state index is 12.8. The van der Waals surface area contributed by atoms with Gasteiger partial charge in [-0.2, -0.15) is 0 Å². The van der Waals surface area contributed by atoms with Crippen LogP contribution in [-0.2, 0) is 28.6 Å². The Morgan fingerprint density at radius 2 is 0.582 bits per heavy atom. The summed E-state index contributed by atoms with van der Waals surface area (Å²) < 4.78 is 16.8. The lowest BCUT2D eigenvalue weighted by Gasteiger charge is -2.18. The van der Waals surface area contributed by atoms with Crippen LogP contribution in [0, 0.1) is 0 Å². The molecule has 0 spiro atoms. The molecule has 1 atom stereocenters. The second-order valence-corrected chi connectivity index (χ2v) is 19.2. The molecule has 0 bridgehead atoms. The predicted octanol–water partition coefficient (Wildman–Crippen LogP) is 19.2. The number of esters is 3. The van der Waals surface area contributed by atoms with Gasteiger partial charge in [0.25, 0.3) is 0 Å². The van der Waals surface area contributed by atoms with E-state index >= 15 is 0 Å². The molecule has 0 saturated heterocycles. The van der Waals surface area contributed by atoms with Crippen molar-refractivity contribution in [3.05, 3.63) is 60.8 Å². The van der Waals surface area contributed by atoms with Crippen LogP contribution in [0.1, 0.15) is 290 Å². The number of carbonyl (C=O) groups is 3. The lowest BCUT2D eigenvalue weighted by atomic mass is 10.0. The van der Waals surface area contributed by atoms with Gasteiger partial charge >= 0.3 is 17.9 Å². The molecule has 0 rings (SSSR count). The van der Waals surface area contributed by atoms with Crippen LogP contribution in [0.3, 0.4) is 0 Å². The molecule has 0 aromatic heterocycles. The Bertz CT molecular complexity index is 1210. The van der Waals surface area contributed by atoms with Crippen LogP contribution in [0.5, 0.6) is 0 Å². The fourth-order valence-electron chi connectivity index (χ4n) is 8.24. The van der Waals surface area contributed by atoms with Crippen molar-refractivity contribution in [1.82, 2.24) is 0 Å². The minimum absolute atomic E-state index is 0.0717. The van der Waals surface area contributed by atoms with E-state index < -0.39 is 6.10 Å². The van der Waals surface area contributed by atoms with E-state index in [9.17, 15) is 14.4 Å². The average Bonchev–Trinajstić information content (AvgIpc) is 3.33. The summed E-state index contributed by atoms with van der Waals surface area (Å²) in [5.41, 5.74) is 0. The third kappa shape index (κ3) is 53.9. The van der Waals surface area contributed by atoms with Gasteiger partial charge in [0.1, 0.15) is 13.2 Å². The van der Waals surface area contributed by atoms with Crippen molar-refractivity contribution in [2.45, 2.75) is 297 Å². The van der Waals surface area contributed by atoms with Crippen molar-refractivity contribution >= 4 is 17.9 Å². The molecule has 6 nitrogen and oxygen atoms in total. The average molecular weight is 938 g/mol. The standard InChI is InChI=1S/C61H108O6/c1-4-7-10-13-16-19-22-24-26-27-28-29-30-31-32-33-34-35-36-38-39-42-45-48-51-54-60(63)66-57-58(56-65-59(62)53-50-47-44-41-21-18-15-12-9-6-3)67-61(64)55-52-49-46-43-40-37-25-23-20-17-14-11-8-5-2/h7,10,16,19,24,26,28-29,31-32,58H,4-6,8-9,11-15,17-18,20-23,25,27,30,33-57H2,1-3H3/b10-7-,19-16-,26-24-,29-28-,32-31-. The van der Waals surface area contributed by atoms with Gasteiger partial charge in [-0.1, -0.05) is 268 Å². The molecular formula is C61H108O6. The Hall–Kier alpha value is -2.89. The topological polar surface area (TPSA) is 78.9 Å². The molecule has 6 heteroatoms. The minimum Gasteiger partial charge on any atom is -0.462 e.